The minimum absolute atomic E-state index is 0.0375. The fourth-order valence-electron chi connectivity index (χ4n) is 3.93. The molecule has 0 spiro atoms. The number of amides is 1. The van der Waals surface area contributed by atoms with Crippen molar-refractivity contribution in [3.63, 3.8) is 0 Å². The third-order valence-electron chi connectivity index (χ3n) is 5.59. The van der Waals surface area contributed by atoms with Gasteiger partial charge in [-0.1, -0.05) is 41.5 Å². The van der Waals surface area contributed by atoms with Crippen molar-refractivity contribution >= 4 is 26.7 Å². The Morgan fingerprint density at radius 2 is 1.83 bits per heavy atom. The first-order valence-electron chi connectivity index (χ1n) is 9.83. The number of nitrogens with zero attached hydrogens (tertiary/aromatic N) is 1. The van der Waals surface area contributed by atoms with E-state index in [2.05, 4.69) is 0 Å². The van der Waals surface area contributed by atoms with Crippen LogP contribution in [0.15, 0.2) is 53.1 Å². The van der Waals surface area contributed by atoms with E-state index >= 15 is 0 Å². The molecule has 1 saturated heterocycles. The average Bonchev–Trinajstić information content (AvgIpc) is 3.23. The zero-order chi connectivity index (χ0) is 20.6. The summed E-state index contributed by atoms with van der Waals surface area (Å²) in [6.45, 7) is 4.43. The van der Waals surface area contributed by atoms with Crippen LogP contribution in [-0.2, 0) is 27.6 Å². The summed E-state index contributed by atoms with van der Waals surface area (Å²) in [4.78, 5) is 15.0. The lowest BCUT2D eigenvalue weighted by atomic mass is 10.1. The summed E-state index contributed by atoms with van der Waals surface area (Å²) in [6.07, 6.45) is 2.32. The van der Waals surface area contributed by atoms with Crippen molar-refractivity contribution in [3.05, 3.63) is 71.0 Å². The predicted octanol–water partition coefficient (Wildman–Crippen LogP) is 3.81. The fraction of sp³-hybridized carbons (Fsp3) is 0.348. The number of carbonyl (C=O) groups excluding carboxylic acids is 1. The predicted molar refractivity (Wildman–Crippen MR) is 113 cm³/mol. The minimum Gasteiger partial charge on any atom is -0.464 e. The largest absolute Gasteiger partial charge is 0.464 e. The Labute approximate surface area is 171 Å². The number of furan rings is 1. The summed E-state index contributed by atoms with van der Waals surface area (Å²) in [5.41, 5.74) is 4.85. The molecule has 152 valence electrons. The number of sulfone groups is 1. The molecule has 5 nitrogen and oxygen atoms in total. The third kappa shape index (κ3) is 4.37. The van der Waals surface area contributed by atoms with Crippen LogP contribution in [0.25, 0.3) is 11.0 Å². The van der Waals surface area contributed by atoms with Crippen molar-refractivity contribution in [1.29, 1.82) is 0 Å². The molecule has 0 saturated carbocycles. The lowest BCUT2D eigenvalue weighted by molar-refractivity contribution is -0.133. The van der Waals surface area contributed by atoms with E-state index in [4.69, 9.17) is 4.42 Å². The van der Waals surface area contributed by atoms with E-state index in [1.807, 2.05) is 56.3 Å². The highest BCUT2D eigenvalue weighted by Gasteiger charge is 2.34. The number of fused-ring (bicyclic) bond motifs is 1. The topological polar surface area (TPSA) is 67.6 Å². The highest BCUT2D eigenvalue weighted by atomic mass is 32.2. The van der Waals surface area contributed by atoms with E-state index in [0.29, 0.717) is 13.0 Å². The summed E-state index contributed by atoms with van der Waals surface area (Å²) in [5.74, 6) is 0.107. The molecule has 0 radical (unpaired) electrons. The molecular formula is C23H25NO4S. The standard InChI is InChI=1S/C23H25NO4S/c1-16-3-6-18(7-4-16)13-24(20-9-10-29(26,27)15-20)23(25)12-19-14-28-22-8-5-17(2)11-21(19)22/h3-8,11,14,20H,9-10,12-13,15H2,1-2H3/t20-/m1/s1. The van der Waals surface area contributed by atoms with Crippen LogP contribution < -0.4 is 0 Å². The lowest BCUT2D eigenvalue weighted by Gasteiger charge is -2.28. The van der Waals surface area contributed by atoms with E-state index in [1.54, 1.807) is 11.2 Å². The molecule has 0 bridgehead atoms. The van der Waals surface area contributed by atoms with Crippen LogP contribution in [0.1, 0.15) is 28.7 Å². The van der Waals surface area contributed by atoms with Gasteiger partial charge in [-0.05, 0) is 38.0 Å². The van der Waals surface area contributed by atoms with Crippen molar-refractivity contribution in [3.8, 4) is 0 Å². The van der Waals surface area contributed by atoms with E-state index < -0.39 is 9.84 Å². The Balaban J connectivity index is 1.61. The molecule has 1 aliphatic rings. The molecule has 0 aliphatic carbocycles. The van der Waals surface area contributed by atoms with Crippen LogP contribution >= 0.6 is 0 Å². The molecule has 0 unspecified atom stereocenters. The van der Waals surface area contributed by atoms with Crippen molar-refractivity contribution in [2.45, 2.75) is 39.3 Å². The molecule has 1 aliphatic heterocycles. The Bertz CT molecular complexity index is 1150. The quantitative estimate of drug-likeness (QED) is 0.640. The van der Waals surface area contributed by atoms with E-state index in [1.165, 1.54) is 0 Å². The molecule has 1 aromatic heterocycles. The van der Waals surface area contributed by atoms with E-state index in [0.717, 1.165) is 33.2 Å². The molecular weight excluding hydrogens is 386 g/mol. The highest BCUT2D eigenvalue weighted by Crippen LogP contribution is 2.26. The van der Waals surface area contributed by atoms with Gasteiger partial charge in [-0.25, -0.2) is 8.42 Å². The maximum absolute atomic E-state index is 13.3. The smallest absolute Gasteiger partial charge is 0.227 e. The van der Waals surface area contributed by atoms with Crippen LogP contribution in [0, 0.1) is 13.8 Å². The van der Waals surface area contributed by atoms with Gasteiger partial charge < -0.3 is 9.32 Å². The molecule has 2 aromatic carbocycles. The first-order chi connectivity index (χ1) is 13.8. The minimum atomic E-state index is -3.09. The second-order valence-corrected chi connectivity index (χ2v) is 10.2. The Morgan fingerprint density at radius 3 is 2.52 bits per heavy atom. The summed E-state index contributed by atoms with van der Waals surface area (Å²) in [7, 11) is -3.09. The molecule has 4 rings (SSSR count). The van der Waals surface area contributed by atoms with Gasteiger partial charge in [-0.3, -0.25) is 4.79 Å². The summed E-state index contributed by atoms with van der Waals surface area (Å²) in [6, 6.07) is 13.6. The summed E-state index contributed by atoms with van der Waals surface area (Å²) < 4.78 is 29.7. The van der Waals surface area contributed by atoms with Gasteiger partial charge in [0.25, 0.3) is 0 Å². The van der Waals surface area contributed by atoms with Gasteiger partial charge in [-0.2, -0.15) is 0 Å². The number of rotatable bonds is 5. The van der Waals surface area contributed by atoms with Gasteiger partial charge in [0, 0.05) is 23.5 Å². The van der Waals surface area contributed by atoms with Gasteiger partial charge >= 0.3 is 0 Å². The number of hydrogen-bond acceptors (Lipinski definition) is 4. The second kappa shape index (κ2) is 7.67. The monoisotopic (exact) mass is 411 g/mol. The van der Waals surface area contributed by atoms with Crippen LogP contribution in [0.2, 0.25) is 0 Å². The maximum Gasteiger partial charge on any atom is 0.227 e. The molecule has 2 heterocycles. The van der Waals surface area contributed by atoms with Gasteiger partial charge in [0.15, 0.2) is 9.84 Å². The first-order valence-corrected chi connectivity index (χ1v) is 11.6. The zero-order valence-electron chi connectivity index (χ0n) is 16.7. The number of benzene rings is 2. The van der Waals surface area contributed by atoms with Gasteiger partial charge in [0.2, 0.25) is 5.91 Å². The summed E-state index contributed by atoms with van der Waals surface area (Å²) in [5, 5.41) is 0.938. The molecule has 1 atom stereocenters. The maximum atomic E-state index is 13.3. The van der Waals surface area contributed by atoms with E-state index in [9.17, 15) is 13.2 Å². The van der Waals surface area contributed by atoms with Crippen molar-refractivity contribution in [2.24, 2.45) is 0 Å². The van der Waals surface area contributed by atoms with Crippen LogP contribution in [0.5, 0.6) is 0 Å². The SMILES string of the molecule is Cc1ccc(CN(C(=O)Cc2coc3ccc(C)cc23)[C@@H]2CCS(=O)(=O)C2)cc1. The van der Waals surface area contributed by atoms with Crippen LogP contribution in [0.3, 0.4) is 0 Å². The Kier molecular flexibility index (Phi) is 5.21. The molecule has 3 aromatic rings. The first kappa shape index (κ1) is 19.7. The van der Waals surface area contributed by atoms with Crippen molar-refractivity contribution in [2.75, 3.05) is 11.5 Å². The fourth-order valence-corrected chi connectivity index (χ4v) is 5.66. The van der Waals surface area contributed by atoms with Gasteiger partial charge in [0.1, 0.15) is 5.58 Å². The number of aryl methyl sites for hydroxylation is 2. The normalized spacial score (nSPS) is 18.2. The van der Waals surface area contributed by atoms with Crippen LogP contribution in [-0.4, -0.2) is 36.8 Å². The lowest BCUT2D eigenvalue weighted by Crippen LogP contribution is -2.41. The molecule has 1 amide bonds. The van der Waals surface area contributed by atoms with Gasteiger partial charge in [-0.15, -0.1) is 0 Å². The van der Waals surface area contributed by atoms with E-state index in [-0.39, 0.29) is 29.9 Å². The highest BCUT2D eigenvalue weighted by molar-refractivity contribution is 7.91. The Morgan fingerprint density at radius 1 is 1.10 bits per heavy atom. The van der Waals surface area contributed by atoms with Crippen LogP contribution in [0.4, 0.5) is 0 Å². The average molecular weight is 412 g/mol. The molecule has 29 heavy (non-hydrogen) atoms. The molecule has 0 N–H and O–H groups in total. The Hall–Kier alpha value is -2.60. The summed E-state index contributed by atoms with van der Waals surface area (Å²) >= 11 is 0. The number of hydrogen-bond donors (Lipinski definition) is 0. The van der Waals surface area contributed by atoms with Gasteiger partial charge in [0.05, 0.1) is 24.2 Å². The van der Waals surface area contributed by atoms with Crippen molar-refractivity contribution in [1.82, 2.24) is 4.90 Å². The third-order valence-corrected chi connectivity index (χ3v) is 7.34. The zero-order valence-corrected chi connectivity index (χ0v) is 17.5. The van der Waals surface area contributed by atoms with Crippen molar-refractivity contribution < 1.29 is 17.6 Å². The molecule has 6 heteroatoms. The second-order valence-electron chi connectivity index (χ2n) is 8.00. The number of carbonyl (C=O) groups is 1. The molecule has 1 fully saturated rings.